The van der Waals surface area contributed by atoms with Crippen LogP contribution in [0.1, 0.15) is 0 Å². The van der Waals surface area contributed by atoms with Gasteiger partial charge in [0.1, 0.15) is 11.9 Å². The van der Waals surface area contributed by atoms with Crippen molar-refractivity contribution in [2.24, 2.45) is 0 Å². The highest BCUT2D eigenvalue weighted by molar-refractivity contribution is 7.79. The van der Waals surface area contributed by atoms with E-state index in [1.807, 2.05) is 0 Å². The molecule has 0 bridgehead atoms. The molecule has 0 saturated heterocycles. The van der Waals surface area contributed by atoms with Crippen molar-refractivity contribution in [2.75, 3.05) is 6.54 Å². The quantitative estimate of drug-likeness (QED) is 0.450. The Morgan fingerprint density at radius 2 is 2.67 bits per heavy atom. The second-order valence-corrected chi connectivity index (χ2v) is 2.07. The van der Waals surface area contributed by atoms with E-state index in [2.05, 4.69) is 22.9 Å². The van der Waals surface area contributed by atoms with Crippen molar-refractivity contribution in [3.63, 3.8) is 0 Å². The van der Waals surface area contributed by atoms with Crippen LogP contribution in [0.15, 0.2) is 12.0 Å². The predicted molar refractivity (Wildman–Crippen MR) is 39.3 cm³/mol. The van der Waals surface area contributed by atoms with Crippen molar-refractivity contribution >= 4 is 17.6 Å². The standard InChI is InChI=1S/C5H8N2OS/c8-4-1-6-5(3-9)7-2-4/h1,3,5-8H,2H2. The second kappa shape index (κ2) is 2.80. The van der Waals surface area contributed by atoms with Gasteiger partial charge in [-0.3, -0.25) is 5.32 Å². The summed E-state index contributed by atoms with van der Waals surface area (Å²) in [5.74, 6) is 0.308. The van der Waals surface area contributed by atoms with Gasteiger partial charge in [-0.15, -0.1) is 0 Å². The summed E-state index contributed by atoms with van der Waals surface area (Å²) >= 11 is 4.65. The van der Waals surface area contributed by atoms with Gasteiger partial charge in [0, 0.05) is 11.6 Å². The topological polar surface area (TPSA) is 44.3 Å². The second-order valence-electron chi connectivity index (χ2n) is 1.80. The lowest BCUT2D eigenvalue weighted by Crippen LogP contribution is -2.45. The van der Waals surface area contributed by atoms with Crippen molar-refractivity contribution in [2.45, 2.75) is 6.17 Å². The fraction of sp³-hybridized carbons (Fsp3) is 0.400. The Morgan fingerprint density at radius 3 is 3.11 bits per heavy atom. The Morgan fingerprint density at radius 1 is 1.89 bits per heavy atom. The van der Waals surface area contributed by atoms with Gasteiger partial charge in [-0.2, -0.15) is 0 Å². The molecule has 3 N–H and O–H groups in total. The molecule has 9 heavy (non-hydrogen) atoms. The molecule has 4 heteroatoms. The maximum absolute atomic E-state index is 8.81. The summed E-state index contributed by atoms with van der Waals surface area (Å²) in [6.45, 7) is 0.491. The molecule has 1 aliphatic heterocycles. The third-order valence-electron chi connectivity index (χ3n) is 1.07. The fourth-order valence-electron chi connectivity index (χ4n) is 0.598. The predicted octanol–water partition coefficient (Wildman–Crippen LogP) is -0.0956. The Hall–Kier alpha value is -0.610. The largest absolute Gasteiger partial charge is 0.509 e. The lowest BCUT2D eigenvalue weighted by molar-refractivity contribution is 0.360. The van der Waals surface area contributed by atoms with Crippen LogP contribution < -0.4 is 10.6 Å². The molecule has 1 atom stereocenters. The Labute approximate surface area is 58.8 Å². The number of hydrogen-bond donors (Lipinski definition) is 3. The van der Waals surface area contributed by atoms with E-state index in [9.17, 15) is 0 Å². The number of thiocarbonyl (C=S) groups is 1. The van der Waals surface area contributed by atoms with Crippen molar-refractivity contribution in [3.8, 4) is 0 Å². The first-order chi connectivity index (χ1) is 4.33. The molecule has 1 heterocycles. The average molecular weight is 144 g/mol. The molecule has 1 unspecified atom stereocenters. The van der Waals surface area contributed by atoms with E-state index in [0.29, 0.717) is 12.3 Å². The molecule has 0 spiro atoms. The zero-order chi connectivity index (χ0) is 6.69. The number of hydrogen-bond acceptors (Lipinski definition) is 4. The summed E-state index contributed by atoms with van der Waals surface area (Å²) in [5.41, 5.74) is 0. The maximum atomic E-state index is 8.81. The number of aliphatic hydroxyl groups excluding tert-OH is 1. The van der Waals surface area contributed by atoms with Crippen LogP contribution in [-0.2, 0) is 0 Å². The number of rotatable bonds is 1. The van der Waals surface area contributed by atoms with Gasteiger partial charge in [0.15, 0.2) is 0 Å². The minimum absolute atomic E-state index is 0.0240. The lowest BCUT2D eigenvalue weighted by Gasteiger charge is -2.18. The van der Waals surface area contributed by atoms with Crippen molar-refractivity contribution in [1.29, 1.82) is 0 Å². The molecule has 0 aromatic rings. The van der Waals surface area contributed by atoms with Gasteiger partial charge in [0.25, 0.3) is 0 Å². The first-order valence-electron chi connectivity index (χ1n) is 2.65. The van der Waals surface area contributed by atoms with Crippen LogP contribution >= 0.6 is 12.2 Å². The van der Waals surface area contributed by atoms with Crippen molar-refractivity contribution in [3.05, 3.63) is 12.0 Å². The zero-order valence-corrected chi connectivity index (χ0v) is 5.61. The van der Waals surface area contributed by atoms with Gasteiger partial charge in [0.05, 0.1) is 6.54 Å². The average Bonchev–Trinajstić information content (AvgIpc) is 1.90. The van der Waals surface area contributed by atoms with Crippen LogP contribution in [0.4, 0.5) is 0 Å². The van der Waals surface area contributed by atoms with E-state index < -0.39 is 0 Å². The smallest absolute Gasteiger partial charge is 0.122 e. The van der Waals surface area contributed by atoms with Crippen LogP contribution in [0.5, 0.6) is 0 Å². The molecule has 50 valence electrons. The Kier molecular flexibility index (Phi) is 2.02. The fourth-order valence-corrected chi connectivity index (χ4v) is 0.773. The lowest BCUT2D eigenvalue weighted by atomic mass is 10.4. The normalized spacial score (nSPS) is 26.2. The summed E-state index contributed by atoms with van der Waals surface area (Å²) in [6, 6.07) is 0. The highest BCUT2D eigenvalue weighted by Crippen LogP contribution is 1.90. The van der Waals surface area contributed by atoms with Crippen LogP contribution in [0.2, 0.25) is 0 Å². The highest BCUT2D eigenvalue weighted by Gasteiger charge is 2.06. The molecule has 0 aliphatic carbocycles. The molecular formula is C5H8N2OS. The van der Waals surface area contributed by atoms with Gasteiger partial charge in [-0.1, -0.05) is 12.2 Å². The Balaban J connectivity index is 2.45. The zero-order valence-electron chi connectivity index (χ0n) is 4.79. The van der Waals surface area contributed by atoms with E-state index in [1.165, 1.54) is 0 Å². The molecule has 1 aliphatic rings. The molecule has 1 rings (SSSR count). The minimum Gasteiger partial charge on any atom is -0.509 e. The van der Waals surface area contributed by atoms with E-state index in [4.69, 9.17) is 5.11 Å². The molecule has 0 aromatic heterocycles. The number of nitrogens with one attached hydrogen (secondary N) is 2. The third-order valence-corrected chi connectivity index (χ3v) is 1.34. The van der Waals surface area contributed by atoms with Gasteiger partial charge in [-0.05, 0) is 0 Å². The highest BCUT2D eigenvalue weighted by atomic mass is 32.1. The van der Waals surface area contributed by atoms with E-state index in [1.54, 1.807) is 11.6 Å². The van der Waals surface area contributed by atoms with E-state index >= 15 is 0 Å². The summed E-state index contributed by atoms with van der Waals surface area (Å²) in [6.07, 6.45) is 1.57. The third kappa shape index (κ3) is 1.65. The monoisotopic (exact) mass is 144 g/mol. The molecule has 0 amide bonds. The first kappa shape index (κ1) is 6.51. The first-order valence-corrected chi connectivity index (χ1v) is 3.13. The van der Waals surface area contributed by atoms with Crippen molar-refractivity contribution in [1.82, 2.24) is 10.6 Å². The van der Waals surface area contributed by atoms with Gasteiger partial charge < -0.3 is 10.4 Å². The van der Waals surface area contributed by atoms with Crippen LogP contribution in [-0.4, -0.2) is 23.2 Å². The molecule has 0 aromatic carbocycles. The molecule has 3 nitrogen and oxygen atoms in total. The van der Waals surface area contributed by atoms with E-state index in [-0.39, 0.29) is 6.17 Å². The SMILES string of the molecule is OC1=CNC(C=S)NC1. The molecule has 0 saturated carbocycles. The maximum Gasteiger partial charge on any atom is 0.122 e. The Bertz CT molecular complexity index is 146. The van der Waals surface area contributed by atoms with Crippen molar-refractivity contribution < 1.29 is 5.11 Å². The van der Waals surface area contributed by atoms with Crippen LogP contribution in [0.25, 0.3) is 0 Å². The van der Waals surface area contributed by atoms with E-state index in [0.717, 1.165) is 0 Å². The number of aliphatic hydroxyl groups is 1. The molecular weight excluding hydrogens is 136 g/mol. The van der Waals surface area contributed by atoms with Crippen LogP contribution in [0.3, 0.4) is 0 Å². The van der Waals surface area contributed by atoms with Crippen LogP contribution in [0, 0.1) is 0 Å². The van der Waals surface area contributed by atoms with Gasteiger partial charge >= 0.3 is 0 Å². The van der Waals surface area contributed by atoms with Gasteiger partial charge in [0.2, 0.25) is 0 Å². The summed E-state index contributed by atoms with van der Waals surface area (Å²) in [4.78, 5) is 0. The van der Waals surface area contributed by atoms with Gasteiger partial charge in [-0.25, -0.2) is 0 Å². The minimum atomic E-state index is 0.0240. The summed E-state index contributed by atoms with van der Waals surface area (Å²) in [7, 11) is 0. The summed E-state index contributed by atoms with van der Waals surface area (Å²) < 4.78 is 0. The summed E-state index contributed by atoms with van der Waals surface area (Å²) in [5, 5.41) is 16.1. The molecule has 0 fully saturated rings. The molecule has 0 radical (unpaired) electrons.